The molecule has 3 unspecified atom stereocenters. The minimum atomic E-state index is 0.982. The van der Waals surface area contributed by atoms with Gasteiger partial charge in [0.05, 0.1) is 0 Å². The smallest absolute Gasteiger partial charge is 0.00208 e. The van der Waals surface area contributed by atoms with Crippen LogP contribution < -0.4 is 5.32 Å². The zero-order valence-electron chi connectivity index (χ0n) is 11.2. The van der Waals surface area contributed by atoms with Crippen molar-refractivity contribution in [3.63, 3.8) is 0 Å². The summed E-state index contributed by atoms with van der Waals surface area (Å²) in [5, 5.41) is 3.42. The van der Waals surface area contributed by atoms with Crippen molar-refractivity contribution in [3.05, 3.63) is 0 Å². The van der Waals surface area contributed by atoms with Crippen LogP contribution in [-0.4, -0.2) is 13.6 Å². The molecular formula is C15H29N. The van der Waals surface area contributed by atoms with Crippen molar-refractivity contribution in [1.29, 1.82) is 0 Å². The Morgan fingerprint density at radius 3 is 2.44 bits per heavy atom. The standard InChI is InChI=1S/C15H29N/c1-3-12-8-9-14(11-16-2)15(10-12)13-6-4-5-7-13/h12-16H,3-11H2,1-2H3. The van der Waals surface area contributed by atoms with Gasteiger partial charge in [0, 0.05) is 0 Å². The first kappa shape index (κ1) is 12.4. The molecule has 2 aliphatic carbocycles. The topological polar surface area (TPSA) is 12.0 Å². The number of hydrogen-bond donors (Lipinski definition) is 1. The Kier molecular flexibility index (Phi) is 4.69. The van der Waals surface area contributed by atoms with Gasteiger partial charge in [-0.15, -0.1) is 0 Å². The average Bonchev–Trinajstić information content (AvgIpc) is 2.83. The molecule has 0 aliphatic heterocycles. The zero-order chi connectivity index (χ0) is 11.4. The fourth-order valence-electron chi connectivity index (χ4n) is 4.21. The third-order valence-corrected chi connectivity index (χ3v) is 5.21. The lowest BCUT2D eigenvalue weighted by molar-refractivity contribution is 0.119. The summed E-state index contributed by atoms with van der Waals surface area (Å²) < 4.78 is 0. The van der Waals surface area contributed by atoms with Crippen molar-refractivity contribution in [2.75, 3.05) is 13.6 Å². The normalized spacial score (nSPS) is 36.8. The van der Waals surface area contributed by atoms with E-state index in [0.717, 1.165) is 23.7 Å². The van der Waals surface area contributed by atoms with E-state index in [2.05, 4.69) is 19.3 Å². The first-order chi connectivity index (χ1) is 7.85. The fraction of sp³-hybridized carbons (Fsp3) is 1.00. The van der Waals surface area contributed by atoms with Crippen LogP contribution in [0.5, 0.6) is 0 Å². The lowest BCUT2D eigenvalue weighted by atomic mass is 9.67. The third-order valence-electron chi connectivity index (χ3n) is 5.21. The van der Waals surface area contributed by atoms with Crippen molar-refractivity contribution >= 4 is 0 Å². The average molecular weight is 223 g/mol. The highest BCUT2D eigenvalue weighted by atomic mass is 14.8. The molecule has 0 radical (unpaired) electrons. The molecule has 94 valence electrons. The second kappa shape index (κ2) is 6.05. The predicted octanol–water partition coefficient (Wildman–Crippen LogP) is 3.84. The Labute approximate surface area is 101 Å². The van der Waals surface area contributed by atoms with Gasteiger partial charge in [0.2, 0.25) is 0 Å². The van der Waals surface area contributed by atoms with E-state index in [1.807, 2.05) is 0 Å². The van der Waals surface area contributed by atoms with Gasteiger partial charge in [-0.3, -0.25) is 0 Å². The summed E-state index contributed by atoms with van der Waals surface area (Å²) >= 11 is 0. The quantitative estimate of drug-likeness (QED) is 0.763. The first-order valence-electron chi connectivity index (χ1n) is 7.49. The van der Waals surface area contributed by atoms with Gasteiger partial charge in [-0.05, 0) is 50.1 Å². The molecule has 2 fully saturated rings. The lowest BCUT2D eigenvalue weighted by Crippen LogP contribution is -2.35. The van der Waals surface area contributed by atoms with E-state index in [0.29, 0.717) is 0 Å². The molecule has 2 rings (SSSR count). The van der Waals surface area contributed by atoms with Crippen LogP contribution in [0.4, 0.5) is 0 Å². The van der Waals surface area contributed by atoms with Gasteiger partial charge < -0.3 is 5.32 Å². The van der Waals surface area contributed by atoms with E-state index in [9.17, 15) is 0 Å². The van der Waals surface area contributed by atoms with Crippen LogP contribution in [0.15, 0.2) is 0 Å². The maximum absolute atomic E-state index is 3.42. The molecule has 0 aromatic rings. The second-order valence-electron chi connectivity index (χ2n) is 6.11. The van der Waals surface area contributed by atoms with E-state index in [4.69, 9.17) is 0 Å². The highest BCUT2D eigenvalue weighted by molar-refractivity contribution is 4.87. The highest BCUT2D eigenvalue weighted by Gasteiger charge is 2.35. The third kappa shape index (κ3) is 2.80. The molecule has 1 heteroatoms. The molecule has 1 N–H and O–H groups in total. The molecule has 0 aromatic carbocycles. The Bertz CT molecular complexity index is 196. The van der Waals surface area contributed by atoms with Crippen molar-refractivity contribution in [1.82, 2.24) is 5.32 Å². The van der Waals surface area contributed by atoms with E-state index in [1.165, 1.54) is 57.9 Å². The minimum Gasteiger partial charge on any atom is -0.319 e. The van der Waals surface area contributed by atoms with Crippen LogP contribution in [0.3, 0.4) is 0 Å². The van der Waals surface area contributed by atoms with Crippen molar-refractivity contribution < 1.29 is 0 Å². The van der Waals surface area contributed by atoms with E-state index in [1.54, 1.807) is 0 Å². The molecule has 2 aliphatic rings. The Hall–Kier alpha value is -0.0400. The van der Waals surface area contributed by atoms with E-state index >= 15 is 0 Å². The van der Waals surface area contributed by atoms with Gasteiger partial charge in [0.15, 0.2) is 0 Å². The van der Waals surface area contributed by atoms with E-state index in [-0.39, 0.29) is 0 Å². The Morgan fingerprint density at radius 1 is 1.06 bits per heavy atom. The summed E-state index contributed by atoms with van der Waals surface area (Å²) in [6, 6.07) is 0. The summed E-state index contributed by atoms with van der Waals surface area (Å²) in [6.07, 6.45) is 12.0. The summed E-state index contributed by atoms with van der Waals surface area (Å²) in [4.78, 5) is 0. The molecule has 0 saturated heterocycles. The van der Waals surface area contributed by atoms with Crippen LogP contribution in [-0.2, 0) is 0 Å². The van der Waals surface area contributed by atoms with Crippen LogP contribution in [0.25, 0.3) is 0 Å². The molecule has 0 spiro atoms. The zero-order valence-corrected chi connectivity index (χ0v) is 11.2. The fourth-order valence-corrected chi connectivity index (χ4v) is 4.21. The lowest BCUT2D eigenvalue weighted by Gasteiger charge is -2.39. The molecule has 16 heavy (non-hydrogen) atoms. The van der Waals surface area contributed by atoms with Gasteiger partial charge in [-0.25, -0.2) is 0 Å². The molecule has 2 saturated carbocycles. The van der Waals surface area contributed by atoms with Gasteiger partial charge >= 0.3 is 0 Å². The van der Waals surface area contributed by atoms with Crippen LogP contribution >= 0.6 is 0 Å². The molecule has 0 bridgehead atoms. The Balaban J connectivity index is 1.95. The van der Waals surface area contributed by atoms with Gasteiger partial charge in [0.25, 0.3) is 0 Å². The maximum atomic E-state index is 3.42. The van der Waals surface area contributed by atoms with Crippen LogP contribution in [0.2, 0.25) is 0 Å². The van der Waals surface area contributed by atoms with Crippen LogP contribution in [0, 0.1) is 23.7 Å². The largest absolute Gasteiger partial charge is 0.319 e. The summed E-state index contributed by atoms with van der Waals surface area (Å²) in [5.41, 5.74) is 0. The van der Waals surface area contributed by atoms with Crippen molar-refractivity contribution in [3.8, 4) is 0 Å². The Morgan fingerprint density at radius 2 is 1.81 bits per heavy atom. The molecule has 0 aromatic heterocycles. The van der Waals surface area contributed by atoms with Crippen molar-refractivity contribution in [2.24, 2.45) is 23.7 Å². The first-order valence-corrected chi connectivity index (χ1v) is 7.49. The monoisotopic (exact) mass is 223 g/mol. The number of hydrogen-bond acceptors (Lipinski definition) is 1. The van der Waals surface area contributed by atoms with Gasteiger partial charge in [0.1, 0.15) is 0 Å². The van der Waals surface area contributed by atoms with E-state index < -0.39 is 0 Å². The number of nitrogens with one attached hydrogen (secondary N) is 1. The molecule has 3 atom stereocenters. The molecule has 1 nitrogen and oxygen atoms in total. The second-order valence-corrected chi connectivity index (χ2v) is 6.11. The van der Waals surface area contributed by atoms with Gasteiger partial charge in [-0.1, -0.05) is 45.4 Å². The predicted molar refractivity (Wildman–Crippen MR) is 70.5 cm³/mol. The highest BCUT2D eigenvalue weighted by Crippen LogP contribution is 2.44. The molecular weight excluding hydrogens is 194 g/mol. The maximum Gasteiger partial charge on any atom is -0.00208 e. The summed E-state index contributed by atoms with van der Waals surface area (Å²) in [5.74, 6) is 4.15. The molecule has 0 amide bonds. The van der Waals surface area contributed by atoms with Crippen molar-refractivity contribution in [2.45, 2.75) is 58.3 Å². The minimum absolute atomic E-state index is 0.982. The molecule has 0 heterocycles. The van der Waals surface area contributed by atoms with Gasteiger partial charge in [-0.2, -0.15) is 0 Å². The summed E-state index contributed by atoms with van der Waals surface area (Å²) in [6.45, 7) is 3.65. The van der Waals surface area contributed by atoms with Crippen LogP contribution in [0.1, 0.15) is 58.3 Å². The number of rotatable bonds is 4. The summed E-state index contributed by atoms with van der Waals surface area (Å²) in [7, 11) is 2.12. The SMILES string of the molecule is CCC1CCC(CNC)C(C2CCCC2)C1.